The molecule has 4 aliphatic carbocycles. The molecule has 1 aromatic rings. The first-order valence-corrected chi connectivity index (χ1v) is 9.86. The van der Waals surface area contributed by atoms with Crippen LogP contribution in [0.1, 0.15) is 12.0 Å². The Hall–Kier alpha value is -2.15. The standard InChI is InChI=1S/C20H19BrN2O4/c1-26-15-6-9(5-14(21)18(15)27-2)8-22-23-19(24)16-10-3-4-11(13-7-12(10)13)17(16)20(23)25/h3-6,8,10-13,16-17H,7H2,1-2H3/b22-8-/t10-,11-,12-,13+,16-,17+/m0/s1. The van der Waals surface area contributed by atoms with Crippen molar-refractivity contribution in [2.24, 2.45) is 40.6 Å². The second-order valence-electron chi connectivity index (χ2n) is 7.63. The first-order chi connectivity index (χ1) is 13.0. The fourth-order valence-electron chi connectivity index (χ4n) is 5.19. The fourth-order valence-corrected chi connectivity index (χ4v) is 5.81. The lowest BCUT2D eigenvalue weighted by atomic mass is 9.63. The molecular weight excluding hydrogens is 412 g/mol. The minimum Gasteiger partial charge on any atom is -0.493 e. The number of benzene rings is 1. The quantitative estimate of drug-likeness (QED) is 0.418. The van der Waals surface area contributed by atoms with Crippen molar-refractivity contribution in [1.29, 1.82) is 0 Å². The lowest BCUT2D eigenvalue weighted by Gasteiger charge is -2.37. The van der Waals surface area contributed by atoms with E-state index in [1.807, 2.05) is 6.07 Å². The van der Waals surface area contributed by atoms with E-state index < -0.39 is 0 Å². The van der Waals surface area contributed by atoms with Crippen molar-refractivity contribution in [1.82, 2.24) is 5.01 Å². The van der Waals surface area contributed by atoms with Crippen LogP contribution in [0.25, 0.3) is 0 Å². The molecule has 1 heterocycles. The Balaban J connectivity index is 1.43. The molecule has 27 heavy (non-hydrogen) atoms. The number of rotatable bonds is 4. The SMILES string of the molecule is COc1cc(/C=N\N2C(=O)[C@@H]3[C@H]4C=C[C@@H]([C@@H]5C[C@H]45)[C@@H]3C2=O)cc(Br)c1OC. The van der Waals surface area contributed by atoms with E-state index in [1.54, 1.807) is 20.3 Å². The highest BCUT2D eigenvalue weighted by molar-refractivity contribution is 9.10. The van der Waals surface area contributed by atoms with Crippen molar-refractivity contribution >= 4 is 34.0 Å². The van der Waals surface area contributed by atoms with E-state index in [9.17, 15) is 9.59 Å². The predicted molar refractivity (Wildman–Crippen MR) is 101 cm³/mol. The maximum atomic E-state index is 12.9. The molecule has 140 valence electrons. The zero-order chi connectivity index (χ0) is 18.9. The first-order valence-electron chi connectivity index (χ1n) is 9.06. The number of carbonyl (C=O) groups excluding carboxylic acids is 2. The molecule has 0 unspecified atom stereocenters. The monoisotopic (exact) mass is 430 g/mol. The zero-order valence-electron chi connectivity index (χ0n) is 15.0. The van der Waals surface area contributed by atoms with Gasteiger partial charge in [-0.1, -0.05) is 12.2 Å². The largest absolute Gasteiger partial charge is 0.493 e. The van der Waals surface area contributed by atoms with E-state index in [1.165, 1.54) is 6.21 Å². The van der Waals surface area contributed by atoms with Crippen LogP contribution in [-0.4, -0.2) is 37.3 Å². The molecule has 1 aliphatic heterocycles. The number of carbonyl (C=O) groups is 2. The van der Waals surface area contributed by atoms with Gasteiger partial charge in [-0.25, -0.2) is 0 Å². The summed E-state index contributed by atoms with van der Waals surface area (Å²) in [5, 5.41) is 5.33. The van der Waals surface area contributed by atoms with Crippen molar-refractivity contribution < 1.29 is 19.1 Å². The number of hydrogen-bond acceptors (Lipinski definition) is 5. The number of methoxy groups -OCH3 is 2. The van der Waals surface area contributed by atoms with Crippen LogP contribution in [0.15, 0.2) is 33.9 Å². The third-order valence-corrected chi connectivity index (χ3v) is 7.01. The van der Waals surface area contributed by atoms with Crippen molar-refractivity contribution in [3.05, 3.63) is 34.3 Å². The van der Waals surface area contributed by atoms with Gasteiger partial charge >= 0.3 is 0 Å². The van der Waals surface area contributed by atoms with E-state index in [0.29, 0.717) is 33.4 Å². The Labute approximate surface area is 165 Å². The van der Waals surface area contributed by atoms with Crippen LogP contribution in [0.5, 0.6) is 11.5 Å². The van der Waals surface area contributed by atoms with Gasteiger partial charge in [0.1, 0.15) is 0 Å². The third-order valence-electron chi connectivity index (χ3n) is 6.42. The van der Waals surface area contributed by atoms with Crippen LogP contribution in [0.4, 0.5) is 0 Å². The average Bonchev–Trinajstić information content (AvgIpc) is 3.45. The summed E-state index contributed by atoms with van der Waals surface area (Å²) in [6.45, 7) is 0. The van der Waals surface area contributed by atoms with Gasteiger partial charge in [-0.15, -0.1) is 0 Å². The molecule has 1 saturated heterocycles. The molecule has 1 aromatic carbocycles. The highest BCUT2D eigenvalue weighted by Crippen LogP contribution is 2.65. The van der Waals surface area contributed by atoms with E-state index in [2.05, 4.69) is 33.2 Å². The summed E-state index contributed by atoms with van der Waals surface area (Å²) in [5.74, 6) is 1.92. The van der Waals surface area contributed by atoms with Gasteiger partial charge in [-0.2, -0.15) is 10.1 Å². The average molecular weight is 431 g/mol. The number of hydrogen-bond donors (Lipinski definition) is 0. The van der Waals surface area contributed by atoms with Crippen LogP contribution in [0, 0.1) is 35.5 Å². The van der Waals surface area contributed by atoms with E-state index in [-0.39, 0.29) is 35.5 Å². The Morgan fingerprint density at radius 1 is 1.07 bits per heavy atom. The molecule has 0 spiro atoms. The number of amides is 2. The Morgan fingerprint density at radius 2 is 1.70 bits per heavy atom. The summed E-state index contributed by atoms with van der Waals surface area (Å²) in [6.07, 6.45) is 6.99. The summed E-state index contributed by atoms with van der Waals surface area (Å²) in [6, 6.07) is 3.56. The third kappa shape index (κ3) is 2.33. The fraction of sp³-hybridized carbons (Fsp3) is 0.450. The topological polar surface area (TPSA) is 68.2 Å². The van der Waals surface area contributed by atoms with Gasteiger partial charge in [0.05, 0.1) is 36.7 Å². The number of halogens is 1. The summed E-state index contributed by atoms with van der Waals surface area (Å²) in [5.41, 5.74) is 0.707. The van der Waals surface area contributed by atoms with Crippen molar-refractivity contribution in [2.75, 3.05) is 14.2 Å². The zero-order valence-corrected chi connectivity index (χ0v) is 16.5. The lowest BCUT2D eigenvalue weighted by Crippen LogP contribution is -2.40. The summed E-state index contributed by atoms with van der Waals surface area (Å²) in [4.78, 5) is 25.8. The number of ether oxygens (including phenoxy) is 2. The maximum absolute atomic E-state index is 12.9. The highest BCUT2D eigenvalue weighted by Gasteiger charge is 2.67. The molecular formula is C20H19BrN2O4. The maximum Gasteiger partial charge on any atom is 0.254 e. The lowest BCUT2D eigenvalue weighted by molar-refractivity contribution is -0.140. The molecule has 2 saturated carbocycles. The molecule has 0 aromatic heterocycles. The second kappa shape index (κ2) is 5.92. The Morgan fingerprint density at radius 3 is 2.26 bits per heavy atom. The summed E-state index contributed by atoms with van der Waals surface area (Å²) >= 11 is 3.44. The first kappa shape index (κ1) is 17.0. The normalized spacial score (nSPS) is 35.6. The molecule has 5 aliphatic rings. The van der Waals surface area contributed by atoms with Gasteiger partial charge in [0.25, 0.3) is 11.8 Å². The Bertz CT molecular complexity index is 875. The minimum absolute atomic E-state index is 0.162. The van der Waals surface area contributed by atoms with Crippen molar-refractivity contribution in [3.63, 3.8) is 0 Å². The van der Waals surface area contributed by atoms with Crippen LogP contribution >= 0.6 is 15.9 Å². The van der Waals surface area contributed by atoms with Crippen molar-refractivity contribution in [2.45, 2.75) is 6.42 Å². The number of allylic oxidation sites excluding steroid dienone is 2. The number of nitrogens with zero attached hydrogens (tertiary/aromatic N) is 2. The smallest absolute Gasteiger partial charge is 0.254 e. The van der Waals surface area contributed by atoms with E-state index in [0.717, 1.165) is 11.4 Å². The second-order valence-corrected chi connectivity index (χ2v) is 8.48. The minimum atomic E-state index is -0.231. The molecule has 6 atom stereocenters. The van der Waals surface area contributed by atoms with Gasteiger partial charge in [-0.05, 0) is 63.7 Å². The van der Waals surface area contributed by atoms with Gasteiger partial charge in [0.2, 0.25) is 0 Å². The van der Waals surface area contributed by atoms with E-state index >= 15 is 0 Å². The molecule has 0 N–H and O–H groups in total. The molecule has 7 heteroatoms. The molecule has 0 radical (unpaired) electrons. The molecule has 3 fully saturated rings. The molecule has 6 nitrogen and oxygen atoms in total. The summed E-state index contributed by atoms with van der Waals surface area (Å²) in [7, 11) is 3.12. The Kier molecular flexibility index (Phi) is 3.73. The van der Waals surface area contributed by atoms with Crippen LogP contribution < -0.4 is 9.47 Å². The highest BCUT2D eigenvalue weighted by atomic mass is 79.9. The predicted octanol–water partition coefficient (Wildman–Crippen LogP) is 2.85. The van der Waals surface area contributed by atoms with Gasteiger partial charge < -0.3 is 9.47 Å². The number of imide groups is 1. The van der Waals surface area contributed by atoms with Crippen LogP contribution in [0.2, 0.25) is 0 Å². The van der Waals surface area contributed by atoms with Crippen molar-refractivity contribution in [3.8, 4) is 11.5 Å². The summed E-state index contributed by atoms with van der Waals surface area (Å²) < 4.78 is 11.3. The molecule has 2 bridgehead atoms. The molecule has 6 rings (SSSR count). The van der Waals surface area contributed by atoms with Crippen LogP contribution in [0.3, 0.4) is 0 Å². The van der Waals surface area contributed by atoms with Gasteiger partial charge in [0.15, 0.2) is 11.5 Å². The van der Waals surface area contributed by atoms with Gasteiger partial charge in [-0.3, -0.25) is 9.59 Å². The molecule has 2 amide bonds. The number of hydrazone groups is 1. The van der Waals surface area contributed by atoms with E-state index in [4.69, 9.17) is 9.47 Å². The van der Waals surface area contributed by atoms with Gasteiger partial charge in [0, 0.05) is 0 Å². The van der Waals surface area contributed by atoms with Crippen LogP contribution in [-0.2, 0) is 9.59 Å².